The summed E-state index contributed by atoms with van der Waals surface area (Å²) in [6.07, 6.45) is 0.853. The Morgan fingerprint density at radius 1 is 1.27 bits per heavy atom. The van der Waals surface area contributed by atoms with E-state index in [1.165, 1.54) is 0 Å². The molecule has 0 aliphatic heterocycles. The molecule has 0 aromatic carbocycles. The summed E-state index contributed by atoms with van der Waals surface area (Å²) in [7, 11) is 0. The van der Waals surface area contributed by atoms with Crippen molar-refractivity contribution in [3.63, 3.8) is 0 Å². The molecule has 0 aromatic heterocycles. The lowest BCUT2D eigenvalue weighted by molar-refractivity contribution is -0.140. The first kappa shape index (κ1) is 13.8. The van der Waals surface area contributed by atoms with Crippen molar-refractivity contribution in [3.8, 4) is 0 Å². The SMILES string of the molecule is CCCC(=S=O)C(CCC(=O)O)C(=O)O. The Kier molecular flexibility index (Phi) is 6.61. The molecule has 0 spiro atoms. The summed E-state index contributed by atoms with van der Waals surface area (Å²) in [5, 5.41) is 17.3. The molecule has 0 aromatic rings. The number of rotatable bonds is 7. The van der Waals surface area contributed by atoms with Crippen LogP contribution in [0.15, 0.2) is 0 Å². The lowest BCUT2D eigenvalue weighted by atomic mass is 9.97. The molecule has 2 N–H and O–H groups in total. The van der Waals surface area contributed by atoms with Gasteiger partial charge in [0.15, 0.2) is 0 Å². The summed E-state index contributed by atoms with van der Waals surface area (Å²) in [4.78, 5) is 21.4. The van der Waals surface area contributed by atoms with Crippen LogP contribution in [0.2, 0.25) is 0 Å². The molecule has 0 saturated carbocycles. The number of aliphatic carboxylic acids is 2. The van der Waals surface area contributed by atoms with Crippen molar-refractivity contribution in [1.29, 1.82) is 0 Å². The van der Waals surface area contributed by atoms with Crippen molar-refractivity contribution in [2.24, 2.45) is 5.92 Å². The number of carboxylic acid groups (broad SMARTS) is 2. The minimum absolute atomic E-state index is 0.0186. The second-order valence-corrected chi connectivity index (χ2v) is 3.81. The van der Waals surface area contributed by atoms with Gasteiger partial charge in [-0.25, -0.2) is 4.21 Å². The lowest BCUT2D eigenvalue weighted by Gasteiger charge is -2.11. The van der Waals surface area contributed by atoms with E-state index in [2.05, 4.69) is 0 Å². The highest BCUT2D eigenvalue weighted by Crippen LogP contribution is 2.12. The van der Waals surface area contributed by atoms with Crippen molar-refractivity contribution in [2.75, 3.05) is 0 Å². The summed E-state index contributed by atoms with van der Waals surface area (Å²) in [5.74, 6) is -3.11. The van der Waals surface area contributed by atoms with Crippen LogP contribution < -0.4 is 0 Å². The molecule has 86 valence electrons. The van der Waals surface area contributed by atoms with Crippen molar-refractivity contribution >= 4 is 28.1 Å². The predicted octanol–water partition coefficient (Wildman–Crippen LogP) is 0.738. The van der Waals surface area contributed by atoms with E-state index in [0.717, 1.165) is 0 Å². The fourth-order valence-electron chi connectivity index (χ4n) is 1.21. The third-order valence-corrected chi connectivity index (χ3v) is 2.64. The van der Waals surface area contributed by atoms with Crippen molar-refractivity contribution in [1.82, 2.24) is 0 Å². The molecule has 0 bridgehead atoms. The zero-order chi connectivity index (χ0) is 11.8. The second-order valence-electron chi connectivity index (χ2n) is 3.12. The summed E-state index contributed by atoms with van der Waals surface area (Å²) in [6, 6.07) is 0. The number of hydrogen-bond donors (Lipinski definition) is 2. The minimum Gasteiger partial charge on any atom is -0.481 e. The topological polar surface area (TPSA) is 91.7 Å². The van der Waals surface area contributed by atoms with Crippen LogP contribution in [0.5, 0.6) is 0 Å². The molecule has 15 heavy (non-hydrogen) atoms. The molecule has 6 heteroatoms. The normalized spacial score (nSPS) is 11.8. The van der Waals surface area contributed by atoms with Crippen LogP contribution in [0.25, 0.3) is 0 Å². The van der Waals surface area contributed by atoms with Gasteiger partial charge in [-0.3, -0.25) is 9.59 Å². The molecule has 0 fully saturated rings. The van der Waals surface area contributed by atoms with E-state index >= 15 is 0 Å². The molecule has 0 radical (unpaired) electrons. The number of carbonyl (C=O) groups is 2. The summed E-state index contributed by atoms with van der Waals surface area (Å²) in [6.45, 7) is 1.84. The molecule has 0 saturated heterocycles. The first-order valence-corrected chi connectivity index (χ1v) is 5.37. The Balaban J connectivity index is 4.57. The van der Waals surface area contributed by atoms with Gasteiger partial charge < -0.3 is 10.2 Å². The molecule has 1 atom stereocenters. The fraction of sp³-hybridized carbons (Fsp3) is 0.667. The predicted molar refractivity (Wildman–Crippen MR) is 56.1 cm³/mol. The van der Waals surface area contributed by atoms with Crippen molar-refractivity contribution in [3.05, 3.63) is 0 Å². The standard InChI is InChI=1S/C9H14O5S/c1-2-3-7(15-14)6(9(12)13)4-5-8(10)11/h6H,2-5H2,1H3,(H,10,11)(H,12,13). The Morgan fingerprint density at radius 2 is 1.87 bits per heavy atom. The average Bonchev–Trinajstić information content (AvgIpc) is 2.15. The average molecular weight is 234 g/mol. The first-order chi connectivity index (χ1) is 7.02. The van der Waals surface area contributed by atoms with Gasteiger partial charge in [0.2, 0.25) is 0 Å². The second kappa shape index (κ2) is 7.17. The van der Waals surface area contributed by atoms with Crippen molar-refractivity contribution in [2.45, 2.75) is 32.6 Å². The Hall–Kier alpha value is -1.17. The van der Waals surface area contributed by atoms with E-state index in [1.54, 1.807) is 0 Å². The zero-order valence-corrected chi connectivity index (χ0v) is 9.25. The van der Waals surface area contributed by atoms with Gasteiger partial charge in [0.25, 0.3) is 0 Å². The van der Waals surface area contributed by atoms with Crippen LogP contribution in [0.3, 0.4) is 0 Å². The third kappa shape index (κ3) is 5.31. The first-order valence-electron chi connectivity index (χ1n) is 4.63. The summed E-state index contributed by atoms with van der Waals surface area (Å²) in [5.41, 5.74) is 0. The van der Waals surface area contributed by atoms with Crippen LogP contribution in [0.4, 0.5) is 0 Å². The molecular weight excluding hydrogens is 220 g/mol. The Labute approximate surface area is 91.2 Å². The summed E-state index contributed by atoms with van der Waals surface area (Å²) < 4.78 is 10.7. The summed E-state index contributed by atoms with van der Waals surface area (Å²) >= 11 is 0.175. The van der Waals surface area contributed by atoms with Gasteiger partial charge in [-0.05, 0) is 12.8 Å². The van der Waals surface area contributed by atoms with Crippen LogP contribution in [0.1, 0.15) is 32.6 Å². The molecule has 0 aliphatic carbocycles. The van der Waals surface area contributed by atoms with Crippen LogP contribution in [-0.2, 0) is 20.8 Å². The molecule has 1 unspecified atom stereocenters. The molecule has 0 rings (SSSR count). The maximum absolute atomic E-state index is 10.8. The van der Waals surface area contributed by atoms with E-state index in [1.807, 2.05) is 6.92 Å². The van der Waals surface area contributed by atoms with Gasteiger partial charge in [0.05, 0.1) is 17.2 Å². The Bertz CT molecular complexity index is 293. The molecular formula is C9H14O5S. The number of carboxylic acids is 2. The third-order valence-electron chi connectivity index (χ3n) is 1.94. The molecule has 0 aliphatic rings. The fourth-order valence-corrected chi connectivity index (χ4v) is 1.83. The quantitative estimate of drug-likeness (QED) is 0.634. The van der Waals surface area contributed by atoms with E-state index in [0.29, 0.717) is 17.7 Å². The number of hydrogen-bond acceptors (Lipinski definition) is 3. The largest absolute Gasteiger partial charge is 0.481 e. The Morgan fingerprint density at radius 3 is 2.20 bits per heavy atom. The van der Waals surface area contributed by atoms with Gasteiger partial charge in [0.1, 0.15) is 0 Å². The van der Waals surface area contributed by atoms with Gasteiger partial charge in [-0.15, -0.1) is 0 Å². The lowest BCUT2D eigenvalue weighted by Crippen LogP contribution is -2.24. The molecule has 0 amide bonds. The van der Waals surface area contributed by atoms with Gasteiger partial charge in [0, 0.05) is 11.3 Å². The van der Waals surface area contributed by atoms with E-state index < -0.39 is 17.9 Å². The molecule has 5 nitrogen and oxygen atoms in total. The van der Waals surface area contributed by atoms with Crippen LogP contribution in [-0.4, -0.2) is 31.2 Å². The maximum atomic E-state index is 10.8. The zero-order valence-electron chi connectivity index (χ0n) is 8.43. The van der Waals surface area contributed by atoms with E-state index in [4.69, 9.17) is 10.2 Å². The van der Waals surface area contributed by atoms with Gasteiger partial charge >= 0.3 is 11.9 Å². The van der Waals surface area contributed by atoms with Gasteiger partial charge in [-0.2, -0.15) is 0 Å². The smallest absolute Gasteiger partial charge is 0.311 e. The highest BCUT2D eigenvalue weighted by molar-refractivity contribution is 7.66. The maximum Gasteiger partial charge on any atom is 0.311 e. The highest BCUT2D eigenvalue weighted by Gasteiger charge is 2.23. The minimum atomic E-state index is -1.12. The van der Waals surface area contributed by atoms with E-state index in [-0.39, 0.29) is 24.1 Å². The monoisotopic (exact) mass is 234 g/mol. The van der Waals surface area contributed by atoms with Crippen LogP contribution in [0, 0.1) is 5.92 Å². The molecule has 0 heterocycles. The van der Waals surface area contributed by atoms with Gasteiger partial charge in [-0.1, -0.05) is 13.3 Å². The highest BCUT2D eigenvalue weighted by atomic mass is 32.1. The van der Waals surface area contributed by atoms with Crippen molar-refractivity contribution < 1.29 is 24.0 Å². The van der Waals surface area contributed by atoms with Crippen LogP contribution >= 0.6 is 0 Å². The van der Waals surface area contributed by atoms with E-state index in [9.17, 15) is 13.8 Å².